The molecular formula is C20H19BrN2O3S2. The zero-order valence-electron chi connectivity index (χ0n) is 15.0. The Balaban J connectivity index is 1.39. The number of rotatable bonds is 4. The number of amides is 1. The topological polar surface area (TPSA) is 57.7 Å². The third-order valence-electron chi connectivity index (χ3n) is 4.90. The van der Waals surface area contributed by atoms with Crippen LogP contribution in [0.3, 0.4) is 0 Å². The number of hydrogen-bond donors (Lipinski definition) is 0. The van der Waals surface area contributed by atoms with Crippen LogP contribution in [0.5, 0.6) is 0 Å². The molecule has 0 bridgehead atoms. The highest BCUT2D eigenvalue weighted by molar-refractivity contribution is 9.11. The molecule has 2 aromatic carbocycles. The lowest BCUT2D eigenvalue weighted by molar-refractivity contribution is -0.131. The summed E-state index contributed by atoms with van der Waals surface area (Å²) in [4.78, 5) is 14.4. The Labute approximate surface area is 176 Å². The lowest BCUT2D eigenvalue weighted by Gasteiger charge is -2.33. The van der Waals surface area contributed by atoms with Crippen molar-refractivity contribution in [2.45, 2.75) is 10.6 Å². The summed E-state index contributed by atoms with van der Waals surface area (Å²) in [7, 11) is -3.49. The number of benzene rings is 2. The average molecular weight is 479 g/mol. The van der Waals surface area contributed by atoms with Crippen LogP contribution < -0.4 is 0 Å². The van der Waals surface area contributed by atoms with E-state index in [1.54, 1.807) is 17.0 Å². The first-order valence-corrected chi connectivity index (χ1v) is 12.0. The molecule has 0 N–H and O–H groups in total. The molecule has 0 radical (unpaired) electrons. The third kappa shape index (κ3) is 4.00. The van der Waals surface area contributed by atoms with Crippen LogP contribution in [0.2, 0.25) is 0 Å². The van der Waals surface area contributed by atoms with Gasteiger partial charge in [-0.15, -0.1) is 11.3 Å². The molecule has 146 valence electrons. The van der Waals surface area contributed by atoms with E-state index in [2.05, 4.69) is 15.9 Å². The minimum absolute atomic E-state index is 0.0335. The molecule has 1 fully saturated rings. The molecular weight excluding hydrogens is 460 g/mol. The maximum Gasteiger partial charge on any atom is 0.252 e. The molecule has 1 saturated heterocycles. The normalized spacial score (nSPS) is 15.8. The number of hydrogen-bond acceptors (Lipinski definition) is 4. The predicted molar refractivity (Wildman–Crippen MR) is 115 cm³/mol. The lowest BCUT2D eigenvalue weighted by atomic mass is 10.0. The van der Waals surface area contributed by atoms with Crippen LogP contribution in [0.25, 0.3) is 10.8 Å². The van der Waals surface area contributed by atoms with Gasteiger partial charge in [-0.05, 0) is 44.4 Å². The molecule has 0 unspecified atom stereocenters. The van der Waals surface area contributed by atoms with Crippen LogP contribution in [0.15, 0.2) is 62.6 Å². The van der Waals surface area contributed by atoms with Crippen LogP contribution in [0, 0.1) is 0 Å². The first-order valence-electron chi connectivity index (χ1n) is 8.94. The second-order valence-corrected chi connectivity index (χ2v) is 11.3. The van der Waals surface area contributed by atoms with Gasteiger partial charge in [-0.2, -0.15) is 4.31 Å². The Kier molecular flexibility index (Phi) is 5.55. The Morgan fingerprint density at radius 1 is 0.964 bits per heavy atom. The van der Waals surface area contributed by atoms with Crippen molar-refractivity contribution < 1.29 is 13.2 Å². The number of halogens is 1. The zero-order chi connectivity index (χ0) is 19.7. The molecule has 8 heteroatoms. The summed E-state index contributed by atoms with van der Waals surface area (Å²) in [6.45, 7) is 1.47. The van der Waals surface area contributed by atoms with E-state index in [1.165, 1.54) is 15.6 Å². The molecule has 0 atom stereocenters. The van der Waals surface area contributed by atoms with Crippen molar-refractivity contribution in [1.29, 1.82) is 0 Å². The molecule has 2 heterocycles. The van der Waals surface area contributed by atoms with Gasteiger partial charge in [0.1, 0.15) is 4.21 Å². The second kappa shape index (κ2) is 7.94. The summed E-state index contributed by atoms with van der Waals surface area (Å²) < 4.78 is 28.0. The molecule has 1 amide bonds. The maximum absolute atomic E-state index is 12.7. The first-order chi connectivity index (χ1) is 13.4. The quantitative estimate of drug-likeness (QED) is 0.573. The van der Waals surface area contributed by atoms with Gasteiger partial charge in [0.2, 0.25) is 5.91 Å². The van der Waals surface area contributed by atoms with Crippen LogP contribution in [0.1, 0.15) is 5.56 Å². The van der Waals surface area contributed by atoms with E-state index in [1.807, 2.05) is 42.5 Å². The maximum atomic E-state index is 12.7. The monoisotopic (exact) mass is 478 g/mol. The van der Waals surface area contributed by atoms with Crippen molar-refractivity contribution in [3.05, 3.63) is 63.9 Å². The molecule has 28 heavy (non-hydrogen) atoms. The Bertz CT molecular complexity index is 1120. The second-order valence-electron chi connectivity index (χ2n) is 6.70. The summed E-state index contributed by atoms with van der Waals surface area (Å²) >= 11 is 4.51. The standard InChI is InChI=1S/C20H19BrN2O3S2/c21-18-7-8-20(27-18)28(25,26)23-11-9-22(10-12-23)19(24)14-15-5-6-16-3-1-2-4-17(16)13-15/h1-8,13H,9-12,14H2. The van der Waals surface area contributed by atoms with Crippen molar-refractivity contribution in [2.24, 2.45) is 0 Å². The van der Waals surface area contributed by atoms with Crippen LogP contribution in [-0.2, 0) is 21.2 Å². The van der Waals surface area contributed by atoms with Crippen LogP contribution in [-0.4, -0.2) is 49.7 Å². The van der Waals surface area contributed by atoms with E-state index in [4.69, 9.17) is 0 Å². The fourth-order valence-electron chi connectivity index (χ4n) is 3.38. The first kappa shape index (κ1) is 19.6. The third-order valence-corrected chi connectivity index (χ3v) is 8.89. The van der Waals surface area contributed by atoms with Gasteiger partial charge in [0.05, 0.1) is 10.2 Å². The zero-order valence-corrected chi connectivity index (χ0v) is 18.3. The fourth-order valence-corrected chi connectivity index (χ4v) is 6.96. The van der Waals surface area contributed by atoms with E-state index < -0.39 is 10.0 Å². The van der Waals surface area contributed by atoms with Crippen LogP contribution in [0.4, 0.5) is 0 Å². The van der Waals surface area contributed by atoms with Crippen molar-refractivity contribution in [3.63, 3.8) is 0 Å². The molecule has 1 aliphatic heterocycles. The van der Waals surface area contributed by atoms with Gasteiger partial charge in [0, 0.05) is 26.2 Å². The van der Waals surface area contributed by atoms with Gasteiger partial charge in [0.15, 0.2) is 0 Å². The van der Waals surface area contributed by atoms with Gasteiger partial charge in [-0.3, -0.25) is 4.79 Å². The minimum atomic E-state index is -3.49. The van der Waals surface area contributed by atoms with Crippen LogP contribution >= 0.6 is 27.3 Å². The minimum Gasteiger partial charge on any atom is -0.340 e. The number of thiophene rings is 1. The number of piperazine rings is 1. The fraction of sp³-hybridized carbons (Fsp3) is 0.250. The smallest absolute Gasteiger partial charge is 0.252 e. The molecule has 5 nitrogen and oxygen atoms in total. The predicted octanol–water partition coefficient (Wildman–Crippen LogP) is 3.74. The Hall–Kier alpha value is -1.74. The Morgan fingerprint density at radius 2 is 1.68 bits per heavy atom. The summed E-state index contributed by atoms with van der Waals surface area (Å²) in [6, 6.07) is 17.5. The number of carbonyl (C=O) groups is 1. The van der Waals surface area contributed by atoms with E-state index in [9.17, 15) is 13.2 Å². The molecule has 0 aliphatic carbocycles. The van der Waals surface area contributed by atoms with Gasteiger partial charge >= 0.3 is 0 Å². The van der Waals surface area contributed by atoms with E-state index in [-0.39, 0.29) is 5.91 Å². The Morgan fingerprint density at radius 3 is 2.36 bits per heavy atom. The summed E-state index contributed by atoms with van der Waals surface area (Å²) in [5, 5.41) is 2.27. The average Bonchev–Trinajstić information content (AvgIpc) is 3.15. The van der Waals surface area contributed by atoms with Gasteiger partial charge in [-0.1, -0.05) is 42.5 Å². The van der Waals surface area contributed by atoms with E-state index in [0.29, 0.717) is 36.8 Å². The van der Waals surface area contributed by atoms with Gasteiger partial charge in [0.25, 0.3) is 10.0 Å². The summed E-state index contributed by atoms with van der Waals surface area (Å²) in [6.07, 6.45) is 0.329. The molecule has 1 aromatic heterocycles. The number of fused-ring (bicyclic) bond motifs is 1. The highest BCUT2D eigenvalue weighted by Crippen LogP contribution is 2.29. The summed E-state index contributed by atoms with van der Waals surface area (Å²) in [5.74, 6) is 0.0335. The molecule has 1 aliphatic rings. The van der Waals surface area contributed by atoms with Crippen molar-refractivity contribution in [1.82, 2.24) is 9.21 Å². The van der Waals surface area contributed by atoms with Gasteiger partial charge in [-0.25, -0.2) is 8.42 Å². The van der Waals surface area contributed by atoms with Crippen molar-refractivity contribution in [2.75, 3.05) is 26.2 Å². The number of carbonyl (C=O) groups excluding carboxylic acids is 1. The number of sulfonamides is 1. The highest BCUT2D eigenvalue weighted by Gasteiger charge is 2.31. The highest BCUT2D eigenvalue weighted by atomic mass is 79.9. The molecule has 0 spiro atoms. The van der Waals surface area contributed by atoms with E-state index in [0.717, 1.165) is 20.1 Å². The van der Waals surface area contributed by atoms with Gasteiger partial charge < -0.3 is 4.90 Å². The molecule has 0 saturated carbocycles. The summed E-state index contributed by atoms with van der Waals surface area (Å²) in [5.41, 5.74) is 0.974. The SMILES string of the molecule is O=C(Cc1ccc2ccccc2c1)N1CCN(S(=O)(=O)c2ccc(Br)s2)CC1. The van der Waals surface area contributed by atoms with E-state index >= 15 is 0 Å². The number of nitrogens with zero attached hydrogens (tertiary/aromatic N) is 2. The largest absolute Gasteiger partial charge is 0.340 e. The molecule has 4 rings (SSSR count). The molecule has 3 aromatic rings. The van der Waals surface area contributed by atoms with Crippen molar-refractivity contribution >= 4 is 54.0 Å². The van der Waals surface area contributed by atoms with Crippen molar-refractivity contribution in [3.8, 4) is 0 Å². The lowest BCUT2D eigenvalue weighted by Crippen LogP contribution is -2.50.